The smallest absolute Gasteiger partial charge is 0.341 e. The third-order valence-corrected chi connectivity index (χ3v) is 5.81. The van der Waals surface area contributed by atoms with Gasteiger partial charge in [0, 0.05) is 18.0 Å². The molecular weight excluding hydrogens is 412 g/mol. The number of benzene rings is 1. The normalized spacial score (nSPS) is 13.2. The van der Waals surface area contributed by atoms with E-state index in [1.807, 2.05) is 31.2 Å². The molecule has 8 heteroatoms. The molecule has 1 amide bonds. The minimum Gasteiger partial charge on any atom is -0.484 e. The number of nitrogens with zero attached hydrogens (tertiary/aromatic N) is 1. The van der Waals surface area contributed by atoms with Crippen LogP contribution in [-0.2, 0) is 22.5 Å². The molecule has 29 heavy (non-hydrogen) atoms. The summed E-state index contributed by atoms with van der Waals surface area (Å²) in [6.07, 6.45) is 0.781. The Morgan fingerprint density at radius 3 is 2.76 bits per heavy atom. The Balaban J connectivity index is 0.00000300. The van der Waals surface area contributed by atoms with Crippen LogP contribution in [0.4, 0.5) is 5.00 Å². The first-order chi connectivity index (χ1) is 13.5. The fourth-order valence-corrected chi connectivity index (χ4v) is 4.54. The van der Waals surface area contributed by atoms with Gasteiger partial charge in [-0.1, -0.05) is 19.1 Å². The average molecular weight is 439 g/mol. The fraction of sp³-hybridized carbons (Fsp3) is 0.429. The molecule has 2 heterocycles. The Bertz CT molecular complexity index is 868. The van der Waals surface area contributed by atoms with Gasteiger partial charge >= 0.3 is 5.97 Å². The molecule has 0 unspecified atom stereocenters. The van der Waals surface area contributed by atoms with Crippen molar-refractivity contribution in [2.45, 2.75) is 33.7 Å². The number of thiophene rings is 1. The Morgan fingerprint density at radius 2 is 2.07 bits per heavy atom. The lowest BCUT2D eigenvalue weighted by molar-refractivity contribution is -0.118. The first kappa shape index (κ1) is 23.2. The summed E-state index contributed by atoms with van der Waals surface area (Å²) < 4.78 is 10.8. The average Bonchev–Trinajstić information content (AvgIpc) is 3.03. The van der Waals surface area contributed by atoms with Crippen molar-refractivity contribution in [3.05, 3.63) is 45.8 Å². The van der Waals surface area contributed by atoms with E-state index in [9.17, 15) is 9.59 Å². The summed E-state index contributed by atoms with van der Waals surface area (Å²) in [4.78, 5) is 28.4. The minimum absolute atomic E-state index is 0. The molecule has 1 aromatic heterocycles. The van der Waals surface area contributed by atoms with Gasteiger partial charge in [0.1, 0.15) is 10.8 Å². The Morgan fingerprint density at radius 1 is 1.28 bits per heavy atom. The molecule has 1 aliphatic rings. The molecule has 2 aromatic rings. The second-order valence-corrected chi connectivity index (χ2v) is 7.81. The van der Waals surface area contributed by atoms with E-state index in [1.54, 1.807) is 6.92 Å². The summed E-state index contributed by atoms with van der Waals surface area (Å²) in [5.41, 5.74) is 2.57. The second-order valence-electron chi connectivity index (χ2n) is 6.70. The van der Waals surface area contributed by atoms with Crippen molar-refractivity contribution in [1.29, 1.82) is 0 Å². The molecule has 0 fully saturated rings. The van der Waals surface area contributed by atoms with Gasteiger partial charge in [-0.2, -0.15) is 0 Å². The van der Waals surface area contributed by atoms with Crippen LogP contribution in [0.15, 0.2) is 24.3 Å². The number of nitrogens with one attached hydrogen (secondary N) is 1. The third kappa shape index (κ3) is 5.72. The molecule has 1 aromatic carbocycles. The first-order valence-electron chi connectivity index (χ1n) is 9.55. The quantitative estimate of drug-likeness (QED) is 0.660. The number of amides is 1. The number of anilines is 1. The Hall–Kier alpha value is -2.09. The van der Waals surface area contributed by atoms with Crippen molar-refractivity contribution in [3.8, 4) is 5.75 Å². The molecule has 158 valence electrons. The second kappa shape index (κ2) is 10.6. The minimum atomic E-state index is -0.375. The molecule has 0 aliphatic carbocycles. The summed E-state index contributed by atoms with van der Waals surface area (Å²) in [5, 5.41) is 3.41. The van der Waals surface area contributed by atoms with E-state index in [0.29, 0.717) is 22.9 Å². The van der Waals surface area contributed by atoms with Crippen LogP contribution in [-0.4, -0.2) is 43.1 Å². The molecule has 1 N–H and O–H groups in total. The number of likely N-dealkylation sites (N-methyl/N-ethyl adjacent to an activating group) is 1. The fourth-order valence-electron chi connectivity index (χ4n) is 3.25. The lowest BCUT2D eigenvalue weighted by atomic mass is 10.0. The van der Waals surface area contributed by atoms with Crippen molar-refractivity contribution < 1.29 is 19.1 Å². The van der Waals surface area contributed by atoms with Gasteiger partial charge in [0.2, 0.25) is 0 Å². The van der Waals surface area contributed by atoms with Gasteiger partial charge < -0.3 is 14.8 Å². The number of hydrogen-bond acceptors (Lipinski definition) is 6. The molecule has 1 aliphatic heterocycles. The summed E-state index contributed by atoms with van der Waals surface area (Å²) in [5.74, 6) is -0.0253. The molecule has 0 saturated carbocycles. The zero-order chi connectivity index (χ0) is 20.1. The maximum absolute atomic E-state index is 12.5. The van der Waals surface area contributed by atoms with Gasteiger partial charge in [-0.15, -0.1) is 23.7 Å². The lowest BCUT2D eigenvalue weighted by Crippen LogP contribution is -2.30. The van der Waals surface area contributed by atoms with Crippen LogP contribution in [0.25, 0.3) is 0 Å². The predicted octanol–water partition coefficient (Wildman–Crippen LogP) is 4.05. The highest BCUT2D eigenvalue weighted by atomic mass is 35.5. The van der Waals surface area contributed by atoms with Gasteiger partial charge in [0.15, 0.2) is 6.61 Å². The number of fused-ring (bicyclic) bond motifs is 1. The number of ether oxygens (including phenoxy) is 2. The number of carbonyl (C=O) groups is 2. The van der Waals surface area contributed by atoms with E-state index in [2.05, 4.69) is 17.1 Å². The maximum Gasteiger partial charge on any atom is 0.341 e. The van der Waals surface area contributed by atoms with Crippen LogP contribution in [0.2, 0.25) is 0 Å². The molecule has 0 spiro atoms. The van der Waals surface area contributed by atoms with Crippen LogP contribution in [0.1, 0.15) is 40.2 Å². The molecule has 0 bridgehead atoms. The highest BCUT2D eigenvalue weighted by Crippen LogP contribution is 2.37. The van der Waals surface area contributed by atoms with Crippen LogP contribution < -0.4 is 10.1 Å². The van der Waals surface area contributed by atoms with Crippen LogP contribution in [0.5, 0.6) is 5.75 Å². The van der Waals surface area contributed by atoms with Gasteiger partial charge in [-0.3, -0.25) is 9.69 Å². The highest BCUT2D eigenvalue weighted by molar-refractivity contribution is 7.17. The summed E-state index contributed by atoms with van der Waals surface area (Å²) in [6.45, 7) is 8.70. The van der Waals surface area contributed by atoms with E-state index in [4.69, 9.17) is 9.47 Å². The summed E-state index contributed by atoms with van der Waals surface area (Å²) in [6, 6.07) is 7.54. The number of halogens is 1. The number of carbonyl (C=O) groups excluding carboxylic acids is 2. The molecule has 6 nitrogen and oxygen atoms in total. The molecule has 3 rings (SSSR count). The van der Waals surface area contributed by atoms with E-state index < -0.39 is 0 Å². The standard InChI is InChI=1S/C21H26N2O4S.ClH/c1-4-23-10-9-16-17(12-23)28-20(19(16)21(25)26-5-2)22-18(24)13-27-15-8-6-7-14(3)11-15;/h6-8,11H,4-5,9-10,12-13H2,1-3H3,(H,22,24);1H. The summed E-state index contributed by atoms with van der Waals surface area (Å²) >= 11 is 1.46. The lowest BCUT2D eigenvalue weighted by Gasteiger charge is -2.25. The highest BCUT2D eigenvalue weighted by Gasteiger charge is 2.29. The Labute approximate surface area is 181 Å². The van der Waals surface area contributed by atoms with Gasteiger partial charge in [-0.25, -0.2) is 4.79 Å². The number of hydrogen-bond donors (Lipinski definition) is 1. The molecule has 0 atom stereocenters. The van der Waals surface area contributed by atoms with Crippen LogP contribution in [0, 0.1) is 6.92 Å². The molecule has 0 saturated heterocycles. The van der Waals surface area contributed by atoms with Crippen molar-refractivity contribution in [1.82, 2.24) is 4.90 Å². The zero-order valence-corrected chi connectivity index (χ0v) is 18.6. The first-order valence-corrected chi connectivity index (χ1v) is 10.4. The van der Waals surface area contributed by atoms with E-state index in [0.717, 1.165) is 42.1 Å². The number of esters is 1. The maximum atomic E-state index is 12.5. The number of aryl methyl sites for hydroxylation is 1. The van der Waals surface area contributed by atoms with Crippen molar-refractivity contribution in [2.75, 3.05) is 31.6 Å². The molecule has 0 radical (unpaired) electrons. The Kier molecular flexibility index (Phi) is 8.49. The van der Waals surface area contributed by atoms with E-state index in [1.165, 1.54) is 11.3 Å². The zero-order valence-electron chi connectivity index (χ0n) is 16.9. The SMILES string of the molecule is CCOC(=O)c1c(NC(=O)COc2cccc(C)c2)sc2c1CCN(CC)C2.Cl. The van der Waals surface area contributed by atoms with Gasteiger partial charge in [-0.05, 0) is 50.1 Å². The van der Waals surface area contributed by atoms with E-state index in [-0.39, 0.29) is 30.9 Å². The predicted molar refractivity (Wildman–Crippen MR) is 117 cm³/mol. The monoisotopic (exact) mass is 438 g/mol. The topological polar surface area (TPSA) is 67.9 Å². The van der Waals surface area contributed by atoms with Gasteiger partial charge in [0.25, 0.3) is 5.91 Å². The number of rotatable bonds is 7. The van der Waals surface area contributed by atoms with Crippen molar-refractivity contribution >= 4 is 40.6 Å². The summed E-state index contributed by atoms with van der Waals surface area (Å²) in [7, 11) is 0. The van der Waals surface area contributed by atoms with Crippen LogP contribution >= 0.6 is 23.7 Å². The largest absolute Gasteiger partial charge is 0.484 e. The third-order valence-electron chi connectivity index (χ3n) is 4.68. The van der Waals surface area contributed by atoms with E-state index >= 15 is 0 Å². The van der Waals surface area contributed by atoms with Crippen molar-refractivity contribution in [3.63, 3.8) is 0 Å². The molecular formula is C21H27ClN2O4S. The van der Waals surface area contributed by atoms with Gasteiger partial charge in [0.05, 0.1) is 12.2 Å². The van der Waals surface area contributed by atoms with Crippen LogP contribution in [0.3, 0.4) is 0 Å². The van der Waals surface area contributed by atoms with Crippen molar-refractivity contribution in [2.24, 2.45) is 0 Å².